The highest BCUT2D eigenvalue weighted by molar-refractivity contribution is 9.13. The summed E-state index contributed by atoms with van der Waals surface area (Å²) in [5, 5.41) is 13.5. The van der Waals surface area contributed by atoms with Crippen LogP contribution in [0.1, 0.15) is 19.3 Å². The van der Waals surface area contributed by atoms with Crippen molar-refractivity contribution in [3.8, 4) is 0 Å². The molecule has 1 saturated heterocycles. The number of aliphatic hydroxyl groups is 1. The van der Waals surface area contributed by atoms with Gasteiger partial charge in [0.25, 0.3) is 5.56 Å². The summed E-state index contributed by atoms with van der Waals surface area (Å²) in [6, 6.07) is 3.22. The number of aliphatic hydroxyl groups excluding tert-OH is 1. The number of fused-ring (bicyclic) bond motifs is 1. The van der Waals surface area contributed by atoms with Crippen molar-refractivity contribution in [1.82, 2.24) is 14.9 Å². The van der Waals surface area contributed by atoms with Crippen molar-refractivity contribution in [2.75, 3.05) is 6.54 Å². The van der Waals surface area contributed by atoms with Gasteiger partial charge in [0.15, 0.2) is 5.78 Å². The zero-order valence-electron chi connectivity index (χ0n) is 12.8. The number of hydrogen-bond donors (Lipinski definition) is 2. The van der Waals surface area contributed by atoms with Gasteiger partial charge < -0.3 is 10.4 Å². The van der Waals surface area contributed by atoms with Crippen LogP contribution < -0.4 is 10.9 Å². The van der Waals surface area contributed by atoms with Gasteiger partial charge in [0, 0.05) is 21.4 Å². The normalized spacial score (nSPS) is 21.1. The maximum atomic E-state index is 12.6. The third-order valence-electron chi connectivity index (χ3n) is 4.21. The van der Waals surface area contributed by atoms with E-state index < -0.39 is 6.10 Å². The summed E-state index contributed by atoms with van der Waals surface area (Å²) in [4.78, 5) is 29.1. The maximum Gasteiger partial charge on any atom is 0.261 e. The van der Waals surface area contributed by atoms with Gasteiger partial charge in [-0.15, -0.1) is 0 Å². The van der Waals surface area contributed by atoms with E-state index in [0.29, 0.717) is 17.3 Å². The van der Waals surface area contributed by atoms with E-state index in [9.17, 15) is 14.7 Å². The molecule has 2 unspecified atom stereocenters. The molecular weight excluding hydrogens is 442 g/mol. The third-order valence-corrected chi connectivity index (χ3v) is 6.05. The summed E-state index contributed by atoms with van der Waals surface area (Å²) in [6.45, 7) is 0.760. The molecule has 1 aliphatic rings. The van der Waals surface area contributed by atoms with Crippen molar-refractivity contribution in [1.29, 1.82) is 0 Å². The molecule has 6 nitrogen and oxygen atoms in total. The number of carbonyl (C=O) groups excluding carboxylic acids is 1. The fraction of sp³-hybridized carbons (Fsp3) is 0.438. The standard InChI is InChI=1S/C16H17Br2N3O3/c17-11-5-10-13(6-12(11)18)20-8-21(16(10)24)7-9(22)4-14-15(23)2-1-3-19-14/h5-6,8,14-15,19,23H,1-4,7H2. The fourth-order valence-electron chi connectivity index (χ4n) is 2.91. The molecule has 0 bridgehead atoms. The van der Waals surface area contributed by atoms with Crippen LogP contribution in [-0.2, 0) is 11.3 Å². The van der Waals surface area contributed by atoms with E-state index in [1.807, 2.05) is 0 Å². The Labute approximate surface area is 155 Å². The van der Waals surface area contributed by atoms with E-state index in [0.717, 1.165) is 21.9 Å². The number of aromatic nitrogens is 2. The molecule has 0 saturated carbocycles. The molecule has 3 rings (SSSR count). The van der Waals surface area contributed by atoms with Crippen molar-refractivity contribution in [3.05, 3.63) is 37.8 Å². The molecule has 0 radical (unpaired) electrons. The Morgan fingerprint density at radius 2 is 2.12 bits per heavy atom. The Morgan fingerprint density at radius 3 is 2.88 bits per heavy atom. The molecule has 0 amide bonds. The molecule has 1 aliphatic heterocycles. The van der Waals surface area contributed by atoms with Gasteiger partial charge in [-0.2, -0.15) is 0 Å². The summed E-state index contributed by atoms with van der Waals surface area (Å²) in [6.07, 6.45) is 2.70. The molecule has 2 heterocycles. The molecule has 0 aliphatic carbocycles. The minimum atomic E-state index is -0.512. The number of ketones is 1. The van der Waals surface area contributed by atoms with Crippen LogP contribution in [-0.4, -0.2) is 39.1 Å². The van der Waals surface area contributed by atoms with Crippen LogP contribution >= 0.6 is 31.9 Å². The molecule has 2 N–H and O–H groups in total. The zero-order chi connectivity index (χ0) is 17.3. The number of rotatable bonds is 4. The summed E-state index contributed by atoms with van der Waals surface area (Å²) in [5.41, 5.74) is 0.321. The largest absolute Gasteiger partial charge is 0.391 e. The summed E-state index contributed by atoms with van der Waals surface area (Å²) < 4.78 is 2.89. The number of nitrogens with zero attached hydrogens (tertiary/aromatic N) is 2. The molecule has 2 atom stereocenters. The van der Waals surface area contributed by atoms with Gasteiger partial charge in [-0.1, -0.05) is 0 Å². The first kappa shape index (κ1) is 17.7. The highest BCUT2D eigenvalue weighted by atomic mass is 79.9. The lowest BCUT2D eigenvalue weighted by atomic mass is 9.97. The van der Waals surface area contributed by atoms with E-state index in [1.165, 1.54) is 10.9 Å². The lowest BCUT2D eigenvalue weighted by Crippen LogP contribution is -2.46. The Kier molecular flexibility index (Phi) is 5.49. The Morgan fingerprint density at radius 1 is 1.38 bits per heavy atom. The second kappa shape index (κ2) is 7.43. The Bertz CT molecular complexity index is 837. The summed E-state index contributed by atoms with van der Waals surface area (Å²) in [7, 11) is 0. The van der Waals surface area contributed by atoms with Crippen molar-refractivity contribution in [2.45, 2.75) is 38.0 Å². The topological polar surface area (TPSA) is 84.2 Å². The first-order valence-electron chi connectivity index (χ1n) is 7.73. The molecular formula is C16H17Br2N3O3. The van der Waals surface area contributed by atoms with E-state index in [2.05, 4.69) is 42.2 Å². The lowest BCUT2D eigenvalue weighted by molar-refractivity contribution is -0.121. The molecule has 0 spiro atoms. The fourth-order valence-corrected chi connectivity index (χ4v) is 3.58. The molecule has 1 fully saturated rings. The zero-order valence-corrected chi connectivity index (χ0v) is 16.0. The number of Topliss-reactive ketones (excluding diaryl/α,β-unsaturated/α-hetero) is 1. The van der Waals surface area contributed by atoms with Crippen LogP contribution in [0.2, 0.25) is 0 Å². The third kappa shape index (κ3) is 3.77. The number of piperidine rings is 1. The maximum absolute atomic E-state index is 12.6. The van der Waals surface area contributed by atoms with Crippen molar-refractivity contribution in [3.63, 3.8) is 0 Å². The SMILES string of the molecule is O=C(CC1NCCCC1O)Cn1cnc2cc(Br)c(Br)cc2c1=O. The molecule has 1 aromatic carbocycles. The van der Waals surface area contributed by atoms with E-state index in [1.54, 1.807) is 12.1 Å². The van der Waals surface area contributed by atoms with Gasteiger partial charge in [-0.3, -0.25) is 14.2 Å². The number of hydrogen-bond acceptors (Lipinski definition) is 5. The van der Waals surface area contributed by atoms with Crippen LogP contribution in [0.4, 0.5) is 0 Å². The number of nitrogens with one attached hydrogen (secondary N) is 1. The molecule has 8 heteroatoms. The van der Waals surface area contributed by atoms with Gasteiger partial charge in [0.2, 0.25) is 0 Å². The van der Waals surface area contributed by atoms with E-state index in [4.69, 9.17) is 0 Å². The average Bonchev–Trinajstić information content (AvgIpc) is 2.54. The lowest BCUT2D eigenvalue weighted by Gasteiger charge is -2.28. The minimum absolute atomic E-state index is 0.0413. The molecule has 128 valence electrons. The Balaban J connectivity index is 1.79. The van der Waals surface area contributed by atoms with Crippen LogP contribution in [0.5, 0.6) is 0 Å². The Hall–Kier alpha value is -1.09. The summed E-state index contributed by atoms with van der Waals surface area (Å²) in [5.74, 6) is -0.104. The molecule has 2 aromatic rings. The monoisotopic (exact) mass is 457 g/mol. The van der Waals surface area contributed by atoms with Crippen molar-refractivity contribution in [2.24, 2.45) is 0 Å². The highest BCUT2D eigenvalue weighted by Gasteiger charge is 2.25. The number of carbonyl (C=O) groups is 1. The van der Waals surface area contributed by atoms with Gasteiger partial charge in [-0.05, 0) is 63.4 Å². The van der Waals surface area contributed by atoms with Crippen molar-refractivity contribution < 1.29 is 9.90 Å². The predicted octanol–water partition coefficient (Wildman–Crippen LogP) is 1.99. The first-order valence-corrected chi connectivity index (χ1v) is 9.31. The van der Waals surface area contributed by atoms with Gasteiger partial charge in [0.05, 0.1) is 29.9 Å². The molecule has 24 heavy (non-hydrogen) atoms. The van der Waals surface area contributed by atoms with Gasteiger partial charge in [0.1, 0.15) is 0 Å². The quantitative estimate of drug-likeness (QED) is 0.731. The number of benzene rings is 1. The minimum Gasteiger partial charge on any atom is -0.391 e. The molecule has 1 aromatic heterocycles. The van der Waals surface area contributed by atoms with Gasteiger partial charge in [-0.25, -0.2) is 4.98 Å². The average molecular weight is 459 g/mol. The second-order valence-corrected chi connectivity index (χ2v) is 7.68. The van der Waals surface area contributed by atoms with Crippen molar-refractivity contribution >= 4 is 48.5 Å². The smallest absolute Gasteiger partial charge is 0.261 e. The van der Waals surface area contributed by atoms with Crippen LogP contribution in [0, 0.1) is 0 Å². The first-order chi connectivity index (χ1) is 11.5. The summed E-state index contributed by atoms with van der Waals surface area (Å²) >= 11 is 6.75. The second-order valence-electron chi connectivity index (χ2n) is 5.97. The van der Waals surface area contributed by atoms with E-state index in [-0.39, 0.29) is 30.3 Å². The van der Waals surface area contributed by atoms with Crippen LogP contribution in [0.15, 0.2) is 32.2 Å². The van der Waals surface area contributed by atoms with Crippen LogP contribution in [0.25, 0.3) is 10.9 Å². The van der Waals surface area contributed by atoms with Crippen LogP contribution in [0.3, 0.4) is 0 Å². The predicted molar refractivity (Wildman–Crippen MR) is 98.1 cm³/mol. The highest BCUT2D eigenvalue weighted by Crippen LogP contribution is 2.26. The van der Waals surface area contributed by atoms with E-state index >= 15 is 0 Å². The van der Waals surface area contributed by atoms with Gasteiger partial charge >= 0.3 is 0 Å². The number of halogens is 2.